The Morgan fingerprint density at radius 2 is 2.10 bits per heavy atom. The number of aromatic nitrogens is 6. The summed E-state index contributed by atoms with van der Waals surface area (Å²) in [6, 6.07) is 2.34. The summed E-state index contributed by atoms with van der Waals surface area (Å²) >= 11 is 1.57. The summed E-state index contributed by atoms with van der Waals surface area (Å²) in [7, 11) is 2.13. The molecule has 1 saturated carbocycles. The number of hydrogen-bond donors (Lipinski definition) is 2. The molecule has 0 atom stereocenters. The molecular formula is C21H21FN8S. The van der Waals surface area contributed by atoms with E-state index in [1.807, 2.05) is 6.20 Å². The molecule has 31 heavy (non-hydrogen) atoms. The van der Waals surface area contributed by atoms with Crippen molar-refractivity contribution < 1.29 is 4.39 Å². The smallest absolute Gasteiger partial charge is 0.229 e. The first kappa shape index (κ1) is 18.5. The second kappa shape index (κ2) is 7.16. The molecule has 2 N–H and O–H groups in total. The zero-order valence-corrected chi connectivity index (χ0v) is 17.8. The number of thiazole rings is 1. The molecule has 0 spiro atoms. The lowest BCUT2D eigenvalue weighted by Crippen LogP contribution is -2.26. The minimum Gasteiger partial charge on any atom is -0.353 e. The summed E-state index contributed by atoms with van der Waals surface area (Å²) in [5, 5.41) is 11.3. The number of hydrogen-bond acceptors (Lipinski definition) is 7. The monoisotopic (exact) mass is 436 g/mol. The van der Waals surface area contributed by atoms with Crippen molar-refractivity contribution in [2.24, 2.45) is 7.05 Å². The number of anilines is 3. The molecule has 6 rings (SSSR count). The van der Waals surface area contributed by atoms with Crippen molar-refractivity contribution >= 4 is 28.2 Å². The van der Waals surface area contributed by atoms with E-state index < -0.39 is 5.82 Å². The highest BCUT2D eigenvalue weighted by atomic mass is 32.1. The summed E-state index contributed by atoms with van der Waals surface area (Å²) in [5.74, 6) is 1.60. The fourth-order valence-electron chi connectivity index (χ4n) is 4.09. The molecule has 0 radical (unpaired) electrons. The third-order valence-electron chi connectivity index (χ3n) is 5.87. The van der Waals surface area contributed by atoms with Crippen LogP contribution in [0.4, 0.5) is 21.3 Å². The first-order valence-electron chi connectivity index (χ1n) is 10.3. The van der Waals surface area contributed by atoms with Gasteiger partial charge in [0.05, 0.1) is 36.4 Å². The van der Waals surface area contributed by atoms with Gasteiger partial charge < -0.3 is 14.8 Å². The minimum atomic E-state index is -0.467. The van der Waals surface area contributed by atoms with Crippen LogP contribution in [0, 0.1) is 5.82 Å². The van der Waals surface area contributed by atoms with E-state index in [0.717, 1.165) is 54.9 Å². The Morgan fingerprint density at radius 1 is 1.26 bits per heavy atom. The molecule has 0 saturated heterocycles. The SMILES string of the molecule is Cn1cc(C2CC2)cc1CN1CCc2sc(Nc3ncc(F)cn3)nc2-c2cn[nH]c21. The van der Waals surface area contributed by atoms with Crippen LogP contribution in [0.5, 0.6) is 0 Å². The van der Waals surface area contributed by atoms with Gasteiger partial charge in [0.2, 0.25) is 5.95 Å². The van der Waals surface area contributed by atoms with Crippen molar-refractivity contribution in [3.05, 3.63) is 52.8 Å². The Kier molecular flexibility index (Phi) is 4.27. The van der Waals surface area contributed by atoms with Crippen LogP contribution >= 0.6 is 11.3 Å². The molecule has 0 unspecified atom stereocenters. The second-order valence-electron chi connectivity index (χ2n) is 8.09. The fraction of sp³-hybridized carbons (Fsp3) is 0.333. The molecule has 8 nitrogen and oxygen atoms in total. The van der Waals surface area contributed by atoms with E-state index in [2.05, 4.69) is 54.3 Å². The molecule has 5 heterocycles. The third kappa shape index (κ3) is 3.46. The Hall–Kier alpha value is -3.27. The van der Waals surface area contributed by atoms with Crippen LogP contribution in [0.3, 0.4) is 0 Å². The molecule has 0 bridgehead atoms. The van der Waals surface area contributed by atoms with Gasteiger partial charge in [0, 0.05) is 36.8 Å². The second-order valence-corrected chi connectivity index (χ2v) is 9.18. The van der Waals surface area contributed by atoms with E-state index in [9.17, 15) is 4.39 Å². The number of nitrogens with one attached hydrogen (secondary N) is 2. The molecular weight excluding hydrogens is 415 g/mol. The largest absolute Gasteiger partial charge is 0.353 e. The Bertz CT molecular complexity index is 1240. The number of halogens is 1. The molecule has 1 aliphatic heterocycles. The van der Waals surface area contributed by atoms with Crippen LogP contribution in [0.15, 0.2) is 30.9 Å². The molecule has 4 aromatic rings. The molecule has 0 amide bonds. The van der Waals surface area contributed by atoms with E-state index in [1.54, 1.807) is 11.3 Å². The number of aryl methyl sites for hydroxylation is 1. The zero-order chi connectivity index (χ0) is 20.9. The van der Waals surface area contributed by atoms with Gasteiger partial charge in [0.15, 0.2) is 10.9 Å². The molecule has 10 heteroatoms. The lowest BCUT2D eigenvalue weighted by Gasteiger charge is -2.22. The van der Waals surface area contributed by atoms with Crippen LogP contribution in [0.1, 0.15) is 34.9 Å². The minimum absolute atomic E-state index is 0.328. The van der Waals surface area contributed by atoms with Crippen LogP contribution in [0.2, 0.25) is 0 Å². The fourth-order valence-corrected chi connectivity index (χ4v) is 5.05. The predicted molar refractivity (Wildman–Crippen MR) is 117 cm³/mol. The first-order valence-corrected chi connectivity index (χ1v) is 11.1. The molecule has 4 aromatic heterocycles. The maximum Gasteiger partial charge on any atom is 0.229 e. The summed E-state index contributed by atoms with van der Waals surface area (Å²) in [6.07, 6.45) is 9.88. The van der Waals surface area contributed by atoms with Crippen molar-refractivity contribution in [2.75, 3.05) is 16.8 Å². The number of nitrogens with zero attached hydrogens (tertiary/aromatic N) is 6. The van der Waals surface area contributed by atoms with Crippen LogP contribution < -0.4 is 10.2 Å². The van der Waals surface area contributed by atoms with Gasteiger partial charge in [-0.15, -0.1) is 11.3 Å². The lowest BCUT2D eigenvalue weighted by atomic mass is 10.2. The van der Waals surface area contributed by atoms with E-state index >= 15 is 0 Å². The molecule has 0 aromatic carbocycles. The average Bonchev–Trinajstić information content (AvgIpc) is 3.23. The molecule has 1 fully saturated rings. The van der Waals surface area contributed by atoms with Gasteiger partial charge >= 0.3 is 0 Å². The number of rotatable bonds is 5. The molecule has 2 aliphatic rings. The summed E-state index contributed by atoms with van der Waals surface area (Å²) in [4.78, 5) is 16.2. The average molecular weight is 437 g/mol. The number of H-pyrrole nitrogens is 1. The number of aromatic amines is 1. The molecule has 1 aliphatic carbocycles. The van der Waals surface area contributed by atoms with Crippen molar-refractivity contribution in [1.29, 1.82) is 0 Å². The highest BCUT2D eigenvalue weighted by Crippen LogP contribution is 2.42. The van der Waals surface area contributed by atoms with Gasteiger partial charge in [-0.05, 0) is 30.4 Å². The van der Waals surface area contributed by atoms with Gasteiger partial charge in [-0.25, -0.2) is 19.3 Å². The molecule has 158 valence electrons. The maximum absolute atomic E-state index is 13.1. The summed E-state index contributed by atoms with van der Waals surface area (Å²) in [5.41, 5.74) is 4.67. The first-order chi connectivity index (χ1) is 15.1. The Labute approximate surface area is 182 Å². The summed E-state index contributed by atoms with van der Waals surface area (Å²) in [6.45, 7) is 1.68. The van der Waals surface area contributed by atoms with Gasteiger partial charge in [-0.2, -0.15) is 5.10 Å². The lowest BCUT2D eigenvalue weighted by molar-refractivity contribution is 0.614. The zero-order valence-electron chi connectivity index (χ0n) is 17.0. The van der Waals surface area contributed by atoms with Gasteiger partial charge in [0.1, 0.15) is 5.82 Å². The topological polar surface area (TPSA) is 87.6 Å². The maximum atomic E-state index is 13.1. The van der Waals surface area contributed by atoms with Crippen molar-refractivity contribution in [3.63, 3.8) is 0 Å². The predicted octanol–water partition coefficient (Wildman–Crippen LogP) is 3.98. The van der Waals surface area contributed by atoms with E-state index in [1.165, 1.54) is 29.0 Å². The van der Waals surface area contributed by atoms with E-state index in [-0.39, 0.29) is 0 Å². The van der Waals surface area contributed by atoms with Gasteiger partial charge in [-0.3, -0.25) is 5.10 Å². The Morgan fingerprint density at radius 3 is 2.90 bits per heavy atom. The standard InChI is InChI=1S/C21H21FN8S/c1-29-10-13(12-2-3-12)6-15(29)11-30-5-4-17-18(16-9-25-28-19(16)30)26-21(31-17)27-20-23-7-14(22)8-24-20/h6-10,12H,2-5,11H2,1H3,(H,25,28)(H,23,24,26,27). The van der Waals surface area contributed by atoms with Crippen molar-refractivity contribution in [3.8, 4) is 11.3 Å². The Balaban J connectivity index is 1.27. The highest BCUT2D eigenvalue weighted by Gasteiger charge is 2.28. The third-order valence-corrected chi connectivity index (χ3v) is 6.90. The summed E-state index contributed by atoms with van der Waals surface area (Å²) < 4.78 is 15.3. The normalized spacial score (nSPS) is 15.5. The van der Waals surface area contributed by atoms with Crippen LogP contribution in [-0.2, 0) is 20.0 Å². The van der Waals surface area contributed by atoms with Crippen molar-refractivity contribution in [1.82, 2.24) is 29.7 Å². The van der Waals surface area contributed by atoms with Crippen LogP contribution in [0.25, 0.3) is 11.3 Å². The van der Waals surface area contributed by atoms with E-state index in [4.69, 9.17) is 4.98 Å². The van der Waals surface area contributed by atoms with Gasteiger partial charge in [-0.1, -0.05) is 0 Å². The highest BCUT2D eigenvalue weighted by molar-refractivity contribution is 7.16. The quantitative estimate of drug-likeness (QED) is 0.492. The van der Waals surface area contributed by atoms with E-state index in [0.29, 0.717) is 11.1 Å². The van der Waals surface area contributed by atoms with Crippen LogP contribution in [-0.4, -0.2) is 36.3 Å². The van der Waals surface area contributed by atoms with Crippen molar-refractivity contribution in [2.45, 2.75) is 31.7 Å². The number of fused-ring (bicyclic) bond motifs is 3. The van der Waals surface area contributed by atoms with Gasteiger partial charge in [0.25, 0.3) is 0 Å².